The van der Waals surface area contributed by atoms with Gasteiger partial charge in [-0.1, -0.05) is 221 Å². The van der Waals surface area contributed by atoms with Crippen LogP contribution in [0.15, 0.2) is 97.2 Å². The number of rotatable bonds is 51. The summed E-state index contributed by atoms with van der Waals surface area (Å²) in [6.45, 7) is 6.45. The van der Waals surface area contributed by atoms with Gasteiger partial charge in [-0.3, -0.25) is 14.4 Å². The van der Waals surface area contributed by atoms with E-state index in [1.54, 1.807) is 0 Å². The second-order valence-electron chi connectivity index (χ2n) is 18.8. The second kappa shape index (κ2) is 56.9. The van der Waals surface area contributed by atoms with Crippen LogP contribution in [-0.2, 0) is 28.6 Å². The smallest absolute Gasteiger partial charge is 0.306 e. The van der Waals surface area contributed by atoms with E-state index in [-0.39, 0.29) is 31.1 Å². The molecular formula is C63H106O6. The highest BCUT2D eigenvalue weighted by Crippen LogP contribution is 2.14. The molecule has 0 bridgehead atoms. The molecule has 0 fully saturated rings. The van der Waals surface area contributed by atoms with E-state index in [4.69, 9.17) is 14.2 Å². The summed E-state index contributed by atoms with van der Waals surface area (Å²) in [7, 11) is 0. The molecule has 0 unspecified atom stereocenters. The van der Waals surface area contributed by atoms with Gasteiger partial charge in [0.25, 0.3) is 0 Å². The average molecular weight is 960 g/mol. The van der Waals surface area contributed by atoms with Crippen LogP contribution in [0.5, 0.6) is 0 Å². The van der Waals surface area contributed by atoms with Gasteiger partial charge in [0.05, 0.1) is 0 Å². The molecule has 0 rings (SSSR count). The molecule has 0 aromatic rings. The fourth-order valence-electron chi connectivity index (χ4n) is 7.73. The highest BCUT2D eigenvalue weighted by atomic mass is 16.6. The molecule has 0 aliphatic heterocycles. The first kappa shape index (κ1) is 65.3. The first-order valence-corrected chi connectivity index (χ1v) is 28.7. The van der Waals surface area contributed by atoms with Crippen molar-refractivity contribution in [1.29, 1.82) is 0 Å². The quantitative estimate of drug-likeness (QED) is 0.0262. The maximum atomic E-state index is 12.9. The fourth-order valence-corrected chi connectivity index (χ4v) is 7.73. The van der Waals surface area contributed by atoms with Crippen molar-refractivity contribution in [3.05, 3.63) is 97.2 Å². The maximum Gasteiger partial charge on any atom is 0.306 e. The molecule has 0 N–H and O–H groups in total. The summed E-state index contributed by atoms with van der Waals surface area (Å²) in [5.41, 5.74) is 0. The van der Waals surface area contributed by atoms with Crippen LogP contribution in [0.1, 0.15) is 265 Å². The molecule has 0 saturated heterocycles. The standard InChI is InChI=1S/C63H106O6/c1-4-7-10-13-16-19-22-25-28-30-31-33-36-39-42-45-48-51-54-57-63(66)69-60(58-67-61(64)55-52-49-46-43-40-37-34-27-24-21-18-15-12-9-6-3)59-68-62(65)56-53-50-47-44-41-38-35-32-29-26-23-20-17-14-11-8-5-2/h8,11,16-21,25-29,34-35,38,60H,4-7,9-10,12-15,22-24,30-33,36-37,39-59H2,1-3H3/b11-8-,19-16-,20-17-,21-18-,28-25-,29-26-,34-27-,38-35-/t60-/m0/s1. The molecule has 1 atom stereocenters. The van der Waals surface area contributed by atoms with Crippen molar-refractivity contribution >= 4 is 17.9 Å². The third-order valence-electron chi connectivity index (χ3n) is 12.0. The molecule has 69 heavy (non-hydrogen) atoms. The first-order chi connectivity index (χ1) is 34.0. The zero-order valence-electron chi connectivity index (χ0n) is 45.0. The molecule has 0 radical (unpaired) electrons. The van der Waals surface area contributed by atoms with Crippen molar-refractivity contribution < 1.29 is 28.6 Å². The Labute approximate surface area is 426 Å². The van der Waals surface area contributed by atoms with Gasteiger partial charge in [0.15, 0.2) is 6.10 Å². The van der Waals surface area contributed by atoms with E-state index in [0.717, 1.165) is 128 Å². The van der Waals surface area contributed by atoms with Crippen LogP contribution in [0.4, 0.5) is 0 Å². The van der Waals surface area contributed by atoms with Crippen LogP contribution in [0.3, 0.4) is 0 Å². The van der Waals surface area contributed by atoms with Crippen molar-refractivity contribution in [3.8, 4) is 0 Å². The Morgan fingerprint density at radius 2 is 0.565 bits per heavy atom. The van der Waals surface area contributed by atoms with Gasteiger partial charge in [-0.05, 0) is 122 Å². The van der Waals surface area contributed by atoms with Crippen LogP contribution in [0.25, 0.3) is 0 Å². The average Bonchev–Trinajstić information content (AvgIpc) is 3.35. The minimum absolute atomic E-state index is 0.0950. The van der Waals surface area contributed by atoms with E-state index in [2.05, 4.69) is 118 Å². The summed E-state index contributed by atoms with van der Waals surface area (Å²) in [5.74, 6) is -0.933. The van der Waals surface area contributed by atoms with Gasteiger partial charge in [0.1, 0.15) is 13.2 Å². The summed E-state index contributed by atoms with van der Waals surface area (Å²) in [5, 5.41) is 0. The Morgan fingerprint density at radius 3 is 0.884 bits per heavy atom. The third kappa shape index (κ3) is 55.1. The molecule has 0 saturated carbocycles. The fraction of sp³-hybridized carbons (Fsp3) is 0.698. The van der Waals surface area contributed by atoms with Gasteiger partial charge in [-0.25, -0.2) is 0 Å². The predicted molar refractivity (Wildman–Crippen MR) is 297 cm³/mol. The number of allylic oxidation sites excluding steroid dienone is 16. The number of ether oxygens (including phenoxy) is 3. The lowest BCUT2D eigenvalue weighted by Crippen LogP contribution is -2.30. The monoisotopic (exact) mass is 959 g/mol. The molecule has 6 nitrogen and oxygen atoms in total. The van der Waals surface area contributed by atoms with Crippen LogP contribution < -0.4 is 0 Å². The lowest BCUT2D eigenvalue weighted by atomic mass is 10.1. The summed E-state index contributed by atoms with van der Waals surface area (Å²) in [6.07, 6.45) is 75.3. The van der Waals surface area contributed by atoms with Crippen molar-refractivity contribution in [2.24, 2.45) is 0 Å². The predicted octanol–water partition coefficient (Wildman–Crippen LogP) is 19.3. The first-order valence-electron chi connectivity index (χ1n) is 28.7. The van der Waals surface area contributed by atoms with Crippen molar-refractivity contribution in [2.45, 2.75) is 271 Å². The lowest BCUT2D eigenvalue weighted by molar-refractivity contribution is -0.167. The number of unbranched alkanes of at least 4 members (excludes halogenated alkanes) is 24. The summed E-state index contributed by atoms with van der Waals surface area (Å²) in [4.78, 5) is 38.2. The Balaban J connectivity index is 4.46. The normalized spacial score (nSPS) is 12.8. The molecule has 0 heterocycles. The summed E-state index contributed by atoms with van der Waals surface area (Å²) >= 11 is 0. The maximum absolute atomic E-state index is 12.9. The minimum Gasteiger partial charge on any atom is -0.462 e. The summed E-state index contributed by atoms with van der Waals surface area (Å²) < 4.78 is 16.8. The van der Waals surface area contributed by atoms with Gasteiger partial charge in [-0.2, -0.15) is 0 Å². The van der Waals surface area contributed by atoms with E-state index in [0.29, 0.717) is 19.3 Å². The number of carbonyl (C=O) groups excluding carboxylic acids is 3. The van der Waals surface area contributed by atoms with Crippen LogP contribution in [-0.4, -0.2) is 37.2 Å². The highest BCUT2D eigenvalue weighted by Gasteiger charge is 2.19. The van der Waals surface area contributed by atoms with Gasteiger partial charge in [0.2, 0.25) is 0 Å². The highest BCUT2D eigenvalue weighted by molar-refractivity contribution is 5.71. The van der Waals surface area contributed by atoms with E-state index in [1.165, 1.54) is 96.3 Å². The molecule has 6 heteroatoms. The molecule has 0 spiro atoms. The molecular weight excluding hydrogens is 853 g/mol. The topological polar surface area (TPSA) is 78.9 Å². The van der Waals surface area contributed by atoms with Gasteiger partial charge in [0, 0.05) is 19.3 Å². The molecule has 0 aliphatic carbocycles. The minimum atomic E-state index is -0.797. The van der Waals surface area contributed by atoms with Crippen molar-refractivity contribution in [1.82, 2.24) is 0 Å². The molecule has 394 valence electrons. The SMILES string of the molecule is CC/C=C\C/C=C\C/C=C\C/C=C\CCCCCCC(=O)OC[C@H](COC(=O)CCCCCCC/C=C\C/C=C\CCCCC)OC(=O)CCCCCCCCCCC/C=C\C/C=C\CCCCC. The van der Waals surface area contributed by atoms with Gasteiger partial charge < -0.3 is 14.2 Å². The van der Waals surface area contributed by atoms with E-state index in [9.17, 15) is 14.4 Å². The van der Waals surface area contributed by atoms with Crippen molar-refractivity contribution in [2.75, 3.05) is 13.2 Å². The molecule has 0 aromatic heterocycles. The van der Waals surface area contributed by atoms with E-state index >= 15 is 0 Å². The Kier molecular flexibility index (Phi) is 53.9. The number of hydrogen-bond acceptors (Lipinski definition) is 6. The van der Waals surface area contributed by atoms with Gasteiger partial charge >= 0.3 is 17.9 Å². The Hall–Kier alpha value is -3.67. The number of hydrogen-bond donors (Lipinski definition) is 0. The van der Waals surface area contributed by atoms with Crippen LogP contribution >= 0.6 is 0 Å². The lowest BCUT2D eigenvalue weighted by Gasteiger charge is -2.18. The Bertz CT molecular complexity index is 1380. The summed E-state index contributed by atoms with van der Waals surface area (Å²) in [6, 6.07) is 0. The number of carbonyl (C=O) groups is 3. The second-order valence-corrected chi connectivity index (χ2v) is 18.8. The number of esters is 3. The zero-order valence-corrected chi connectivity index (χ0v) is 45.0. The Morgan fingerprint density at radius 1 is 0.304 bits per heavy atom. The van der Waals surface area contributed by atoms with E-state index < -0.39 is 6.10 Å². The van der Waals surface area contributed by atoms with E-state index in [1.807, 2.05) is 0 Å². The molecule has 0 aliphatic rings. The van der Waals surface area contributed by atoms with Crippen LogP contribution in [0.2, 0.25) is 0 Å². The van der Waals surface area contributed by atoms with Gasteiger partial charge in [-0.15, -0.1) is 0 Å². The molecule has 0 aromatic carbocycles. The molecule has 0 amide bonds. The van der Waals surface area contributed by atoms with Crippen LogP contribution in [0, 0.1) is 0 Å². The zero-order chi connectivity index (χ0) is 50.0. The largest absolute Gasteiger partial charge is 0.462 e. The third-order valence-corrected chi connectivity index (χ3v) is 12.0. The van der Waals surface area contributed by atoms with Crippen molar-refractivity contribution in [3.63, 3.8) is 0 Å².